The molecule has 1 N–H and O–H groups in total. The van der Waals surface area contributed by atoms with Gasteiger partial charge in [0.05, 0.1) is 24.6 Å². The summed E-state index contributed by atoms with van der Waals surface area (Å²) in [4.78, 5) is 17.6. The van der Waals surface area contributed by atoms with Crippen molar-refractivity contribution in [1.29, 1.82) is 0 Å². The topological polar surface area (TPSA) is 44.8 Å². The molecule has 33 heavy (non-hydrogen) atoms. The molecule has 1 amide bonds. The molecule has 1 aliphatic carbocycles. The van der Waals surface area contributed by atoms with Gasteiger partial charge in [0, 0.05) is 43.6 Å². The highest BCUT2D eigenvalue weighted by Gasteiger charge is 2.43. The van der Waals surface area contributed by atoms with Crippen LogP contribution in [0.15, 0.2) is 42.5 Å². The van der Waals surface area contributed by atoms with E-state index in [0.717, 1.165) is 36.0 Å². The first kappa shape index (κ1) is 21.9. The summed E-state index contributed by atoms with van der Waals surface area (Å²) in [5, 5.41) is 3.07. The van der Waals surface area contributed by atoms with Gasteiger partial charge in [0.2, 0.25) is 5.91 Å². The van der Waals surface area contributed by atoms with Gasteiger partial charge in [-0.15, -0.1) is 0 Å². The maximum atomic E-state index is 13.4. The van der Waals surface area contributed by atoms with E-state index in [0.29, 0.717) is 44.1 Å². The lowest BCUT2D eigenvalue weighted by molar-refractivity contribution is -0.137. The SMILES string of the molecule is COc1cccc(N2CCN3c4ccc(C(F)(F)F)cc4C[C@@H](C(=O)NCC4CC4)[C@@H]3C2)c1. The Morgan fingerprint density at radius 2 is 1.97 bits per heavy atom. The summed E-state index contributed by atoms with van der Waals surface area (Å²) >= 11 is 0. The van der Waals surface area contributed by atoms with Crippen LogP contribution in [0.5, 0.6) is 5.75 Å². The lowest BCUT2D eigenvalue weighted by Gasteiger charge is -2.49. The molecule has 0 unspecified atom stereocenters. The van der Waals surface area contributed by atoms with Gasteiger partial charge in [-0.2, -0.15) is 13.2 Å². The van der Waals surface area contributed by atoms with Crippen LogP contribution in [-0.4, -0.2) is 45.2 Å². The summed E-state index contributed by atoms with van der Waals surface area (Å²) < 4.78 is 45.4. The van der Waals surface area contributed by atoms with Crippen molar-refractivity contribution >= 4 is 17.3 Å². The van der Waals surface area contributed by atoms with Gasteiger partial charge in [-0.3, -0.25) is 4.79 Å². The molecule has 2 heterocycles. The average Bonchev–Trinajstić information content (AvgIpc) is 3.65. The highest BCUT2D eigenvalue weighted by Crippen LogP contribution is 2.40. The summed E-state index contributed by atoms with van der Waals surface area (Å²) in [6, 6.07) is 11.7. The second-order valence-corrected chi connectivity index (χ2v) is 9.25. The second kappa shape index (κ2) is 8.47. The minimum atomic E-state index is -4.40. The number of nitrogens with zero attached hydrogens (tertiary/aromatic N) is 2. The third-order valence-electron chi connectivity index (χ3n) is 7.06. The molecule has 0 spiro atoms. The molecule has 5 rings (SSSR count). The van der Waals surface area contributed by atoms with Gasteiger partial charge in [0.1, 0.15) is 5.75 Å². The van der Waals surface area contributed by atoms with Crippen molar-refractivity contribution in [3.63, 3.8) is 0 Å². The van der Waals surface area contributed by atoms with Crippen molar-refractivity contribution in [3.8, 4) is 5.75 Å². The van der Waals surface area contributed by atoms with Crippen LogP contribution < -0.4 is 19.9 Å². The number of carbonyl (C=O) groups is 1. The van der Waals surface area contributed by atoms with Crippen molar-refractivity contribution in [2.45, 2.75) is 31.5 Å². The number of hydrogen-bond donors (Lipinski definition) is 1. The number of carbonyl (C=O) groups excluding carboxylic acids is 1. The highest BCUT2D eigenvalue weighted by atomic mass is 19.4. The number of nitrogens with one attached hydrogen (secondary N) is 1. The fraction of sp³-hybridized carbons (Fsp3) is 0.480. The molecule has 2 aliphatic heterocycles. The number of halogens is 3. The van der Waals surface area contributed by atoms with Crippen molar-refractivity contribution in [2.75, 3.05) is 43.1 Å². The minimum Gasteiger partial charge on any atom is -0.497 e. The molecule has 5 nitrogen and oxygen atoms in total. The molecular weight excluding hydrogens is 431 g/mol. The van der Waals surface area contributed by atoms with E-state index in [1.807, 2.05) is 24.3 Å². The molecule has 2 aromatic rings. The molecule has 8 heteroatoms. The number of ether oxygens (including phenoxy) is 1. The number of rotatable bonds is 5. The number of alkyl halides is 3. The minimum absolute atomic E-state index is 0.0625. The number of amides is 1. The first-order valence-corrected chi connectivity index (χ1v) is 11.5. The molecule has 1 saturated carbocycles. The van der Waals surface area contributed by atoms with Crippen LogP contribution in [0.3, 0.4) is 0 Å². The van der Waals surface area contributed by atoms with E-state index < -0.39 is 17.7 Å². The smallest absolute Gasteiger partial charge is 0.416 e. The molecule has 0 aromatic heterocycles. The lowest BCUT2D eigenvalue weighted by atomic mass is 9.82. The highest BCUT2D eigenvalue weighted by molar-refractivity contribution is 5.82. The zero-order chi connectivity index (χ0) is 23.2. The molecular formula is C25H28F3N3O2. The second-order valence-electron chi connectivity index (χ2n) is 9.25. The van der Waals surface area contributed by atoms with Crippen molar-refractivity contribution < 1.29 is 22.7 Å². The van der Waals surface area contributed by atoms with E-state index in [9.17, 15) is 18.0 Å². The molecule has 0 bridgehead atoms. The van der Waals surface area contributed by atoms with E-state index in [1.54, 1.807) is 13.2 Å². The van der Waals surface area contributed by atoms with Crippen LogP contribution in [0, 0.1) is 11.8 Å². The van der Waals surface area contributed by atoms with Crippen molar-refractivity contribution in [2.24, 2.45) is 11.8 Å². The van der Waals surface area contributed by atoms with E-state index in [2.05, 4.69) is 15.1 Å². The summed E-state index contributed by atoms with van der Waals surface area (Å²) in [5.41, 5.74) is 1.77. The lowest BCUT2D eigenvalue weighted by Crippen LogP contribution is -2.61. The fourth-order valence-electron chi connectivity index (χ4n) is 5.04. The Kier molecular flexibility index (Phi) is 5.62. The predicted molar refractivity (Wildman–Crippen MR) is 121 cm³/mol. The van der Waals surface area contributed by atoms with Crippen molar-refractivity contribution in [1.82, 2.24) is 5.32 Å². The van der Waals surface area contributed by atoms with Crippen LogP contribution in [0.25, 0.3) is 0 Å². The summed E-state index contributed by atoms with van der Waals surface area (Å²) in [6.07, 6.45) is -1.84. The van der Waals surface area contributed by atoms with Crippen LogP contribution in [0.1, 0.15) is 24.0 Å². The number of fused-ring (bicyclic) bond motifs is 3. The zero-order valence-electron chi connectivity index (χ0n) is 18.6. The summed E-state index contributed by atoms with van der Waals surface area (Å²) in [6.45, 7) is 2.61. The maximum absolute atomic E-state index is 13.4. The van der Waals surface area contributed by atoms with E-state index in [4.69, 9.17) is 4.74 Å². The van der Waals surface area contributed by atoms with Gasteiger partial charge in [0.15, 0.2) is 0 Å². The number of anilines is 2. The Morgan fingerprint density at radius 3 is 2.70 bits per heavy atom. The number of benzene rings is 2. The standard InChI is InChI=1S/C25H28F3N3O2/c1-33-20-4-2-3-19(13-20)30-9-10-31-22-8-7-18(25(26,27)28)11-17(22)12-21(23(31)15-30)24(32)29-14-16-5-6-16/h2-4,7-8,11,13,16,21,23H,5-6,9-10,12,14-15H2,1H3,(H,29,32)/t21-,23+/m1/s1. The molecule has 3 aliphatic rings. The Balaban J connectivity index is 1.45. The number of methoxy groups -OCH3 is 1. The fourth-order valence-corrected chi connectivity index (χ4v) is 5.04. The molecule has 176 valence electrons. The molecule has 0 radical (unpaired) electrons. The third-order valence-corrected chi connectivity index (χ3v) is 7.06. The first-order chi connectivity index (χ1) is 15.8. The van der Waals surface area contributed by atoms with E-state index >= 15 is 0 Å². The molecule has 2 fully saturated rings. The van der Waals surface area contributed by atoms with Gasteiger partial charge in [-0.1, -0.05) is 6.07 Å². The van der Waals surface area contributed by atoms with Crippen LogP contribution in [-0.2, 0) is 17.4 Å². The van der Waals surface area contributed by atoms with Gasteiger partial charge < -0.3 is 19.9 Å². The van der Waals surface area contributed by atoms with Crippen LogP contribution in [0.2, 0.25) is 0 Å². The number of piperazine rings is 1. The van der Waals surface area contributed by atoms with Crippen molar-refractivity contribution in [3.05, 3.63) is 53.6 Å². The Hall–Kier alpha value is -2.90. The third kappa shape index (κ3) is 4.48. The summed E-state index contributed by atoms with van der Waals surface area (Å²) in [5.74, 6) is 0.834. The van der Waals surface area contributed by atoms with Crippen LogP contribution >= 0.6 is 0 Å². The van der Waals surface area contributed by atoms with Gasteiger partial charge in [0.25, 0.3) is 0 Å². The Morgan fingerprint density at radius 1 is 1.15 bits per heavy atom. The van der Waals surface area contributed by atoms with Gasteiger partial charge in [-0.25, -0.2) is 0 Å². The van der Waals surface area contributed by atoms with E-state index in [1.165, 1.54) is 6.07 Å². The zero-order valence-corrected chi connectivity index (χ0v) is 18.6. The molecule has 2 aromatic carbocycles. The van der Waals surface area contributed by atoms with Crippen LogP contribution in [0.4, 0.5) is 24.5 Å². The number of hydrogen-bond acceptors (Lipinski definition) is 4. The predicted octanol–water partition coefficient (Wildman–Crippen LogP) is 4.11. The van der Waals surface area contributed by atoms with E-state index in [-0.39, 0.29) is 11.9 Å². The monoisotopic (exact) mass is 459 g/mol. The first-order valence-electron chi connectivity index (χ1n) is 11.5. The molecule has 1 saturated heterocycles. The normalized spacial score (nSPS) is 22.4. The average molecular weight is 460 g/mol. The quantitative estimate of drug-likeness (QED) is 0.731. The largest absolute Gasteiger partial charge is 0.497 e. The van der Waals surface area contributed by atoms with Gasteiger partial charge in [-0.05, 0) is 61.1 Å². The Labute approximate surface area is 191 Å². The van der Waals surface area contributed by atoms with Gasteiger partial charge >= 0.3 is 6.18 Å². The summed E-state index contributed by atoms with van der Waals surface area (Å²) in [7, 11) is 1.63. The molecule has 2 atom stereocenters. The Bertz CT molecular complexity index is 1040. The maximum Gasteiger partial charge on any atom is 0.416 e.